The molecule has 0 radical (unpaired) electrons. The van der Waals surface area contributed by atoms with E-state index in [1.807, 2.05) is 17.4 Å². The lowest BCUT2D eigenvalue weighted by molar-refractivity contribution is 0.412. The first-order valence-corrected chi connectivity index (χ1v) is 8.92. The number of nitrogens with one attached hydrogen (secondary N) is 1. The number of methoxy groups -OCH3 is 1. The van der Waals surface area contributed by atoms with Crippen LogP contribution in [0.15, 0.2) is 18.2 Å². The van der Waals surface area contributed by atoms with Crippen molar-refractivity contribution in [3.05, 3.63) is 40.0 Å². The standard InChI is InChI=1S/C18H21N3OS/c1-4-13-17(12-5-6-15(22-3)11(2)9-12)20-18-21(13)14-7-8-19-10-16(14)23-18/h5-6,9,19H,4,7-8,10H2,1-3H3. The second-order valence-corrected chi connectivity index (χ2v) is 7.02. The molecule has 0 bridgehead atoms. The number of imidazole rings is 1. The summed E-state index contributed by atoms with van der Waals surface area (Å²) >= 11 is 1.82. The zero-order chi connectivity index (χ0) is 16.0. The molecule has 120 valence electrons. The third kappa shape index (κ3) is 2.26. The van der Waals surface area contributed by atoms with Crippen LogP contribution >= 0.6 is 11.3 Å². The predicted octanol–water partition coefficient (Wildman–Crippen LogP) is 3.59. The minimum absolute atomic E-state index is 0.927. The quantitative estimate of drug-likeness (QED) is 0.799. The van der Waals surface area contributed by atoms with Crippen molar-refractivity contribution in [2.75, 3.05) is 13.7 Å². The number of nitrogens with zero attached hydrogens (tertiary/aromatic N) is 2. The molecule has 0 saturated carbocycles. The molecule has 2 aromatic heterocycles. The number of hydrogen-bond acceptors (Lipinski definition) is 4. The van der Waals surface area contributed by atoms with E-state index in [2.05, 4.69) is 35.7 Å². The molecule has 0 saturated heterocycles. The summed E-state index contributed by atoms with van der Waals surface area (Å²) in [4.78, 5) is 7.53. The Morgan fingerprint density at radius 2 is 2.26 bits per heavy atom. The van der Waals surface area contributed by atoms with Gasteiger partial charge in [-0.1, -0.05) is 18.3 Å². The van der Waals surface area contributed by atoms with E-state index in [9.17, 15) is 0 Å². The molecular formula is C18H21N3OS. The lowest BCUT2D eigenvalue weighted by Crippen LogP contribution is -2.23. The number of rotatable bonds is 3. The van der Waals surface area contributed by atoms with Gasteiger partial charge < -0.3 is 10.1 Å². The first-order chi connectivity index (χ1) is 11.2. The molecule has 3 aromatic rings. The first kappa shape index (κ1) is 14.7. The van der Waals surface area contributed by atoms with Gasteiger partial charge in [-0.2, -0.15) is 0 Å². The summed E-state index contributed by atoms with van der Waals surface area (Å²) in [5, 5.41) is 3.45. The Balaban J connectivity index is 1.90. The number of aromatic nitrogens is 2. The van der Waals surface area contributed by atoms with Gasteiger partial charge in [0, 0.05) is 35.6 Å². The third-order valence-electron chi connectivity index (χ3n) is 4.58. The first-order valence-electron chi connectivity index (χ1n) is 8.10. The van der Waals surface area contributed by atoms with Crippen LogP contribution in [0, 0.1) is 6.92 Å². The lowest BCUT2D eigenvalue weighted by atomic mass is 10.1. The zero-order valence-electron chi connectivity index (χ0n) is 13.8. The second-order valence-electron chi connectivity index (χ2n) is 5.96. The van der Waals surface area contributed by atoms with Crippen LogP contribution in [-0.4, -0.2) is 23.0 Å². The summed E-state index contributed by atoms with van der Waals surface area (Å²) in [5.41, 5.74) is 6.22. The van der Waals surface area contributed by atoms with E-state index < -0.39 is 0 Å². The number of thiazole rings is 1. The SMILES string of the molecule is CCc1c(-c2ccc(OC)c(C)c2)nc2sc3c(n12)CCNC3. The number of ether oxygens (including phenoxy) is 1. The second kappa shape index (κ2) is 5.65. The molecular weight excluding hydrogens is 306 g/mol. The Kier molecular flexibility index (Phi) is 3.62. The van der Waals surface area contributed by atoms with Gasteiger partial charge in [-0.05, 0) is 37.1 Å². The predicted molar refractivity (Wildman–Crippen MR) is 94.6 cm³/mol. The van der Waals surface area contributed by atoms with Crippen LogP contribution in [0.25, 0.3) is 16.2 Å². The maximum absolute atomic E-state index is 5.38. The van der Waals surface area contributed by atoms with Gasteiger partial charge in [-0.3, -0.25) is 4.40 Å². The van der Waals surface area contributed by atoms with Crippen LogP contribution in [0.2, 0.25) is 0 Å². The number of hydrogen-bond donors (Lipinski definition) is 1. The molecule has 5 heteroatoms. The molecule has 0 atom stereocenters. The van der Waals surface area contributed by atoms with Crippen LogP contribution in [0.5, 0.6) is 5.75 Å². The molecule has 1 aliphatic heterocycles. The zero-order valence-corrected chi connectivity index (χ0v) is 14.6. The van der Waals surface area contributed by atoms with Gasteiger partial charge in [0.1, 0.15) is 5.75 Å². The van der Waals surface area contributed by atoms with Gasteiger partial charge in [0.2, 0.25) is 0 Å². The molecule has 1 N–H and O–H groups in total. The summed E-state index contributed by atoms with van der Waals surface area (Å²) in [6.45, 7) is 6.33. The molecule has 0 unspecified atom stereocenters. The molecule has 0 spiro atoms. The van der Waals surface area contributed by atoms with E-state index in [1.165, 1.54) is 21.8 Å². The molecule has 0 amide bonds. The Bertz CT molecular complexity index is 878. The van der Waals surface area contributed by atoms with Crippen LogP contribution in [0.1, 0.15) is 28.8 Å². The number of benzene rings is 1. The normalized spacial score (nSPS) is 14.2. The fourth-order valence-corrected chi connectivity index (χ4v) is 4.61. The maximum atomic E-state index is 5.38. The van der Waals surface area contributed by atoms with Crippen molar-refractivity contribution in [1.82, 2.24) is 14.7 Å². The van der Waals surface area contributed by atoms with E-state index in [-0.39, 0.29) is 0 Å². The van der Waals surface area contributed by atoms with Gasteiger partial charge in [-0.25, -0.2) is 4.98 Å². The molecule has 4 nitrogen and oxygen atoms in total. The molecule has 1 aromatic carbocycles. The van der Waals surface area contributed by atoms with E-state index in [0.717, 1.165) is 47.9 Å². The Hall–Kier alpha value is -1.85. The van der Waals surface area contributed by atoms with Crippen molar-refractivity contribution in [2.45, 2.75) is 33.2 Å². The lowest BCUT2D eigenvalue weighted by Gasteiger charge is -2.14. The average molecular weight is 327 g/mol. The molecule has 0 aliphatic carbocycles. The van der Waals surface area contributed by atoms with Crippen molar-refractivity contribution in [1.29, 1.82) is 0 Å². The van der Waals surface area contributed by atoms with Crippen LogP contribution in [0.4, 0.5) is 0 Å². The van der Waals surface area contributed by atoms with Crippen molar-refractivity contribution in [2.24, 2.45) is 0 Å². The highest BCUT2D eigenvalue weighted by Crippen LogP contribution is 2.34. The van der Waals surface area contributed by atoms with Crippen molar-refractivity contribution in [3.63, 3.8) is 0 Å². The Morgan fingerprint density at radius 3 is 3.00 bits per heavy atom. The van der Waals surface area contributed by atoms with Crippen LogP contribution in [-0.2, 0) is 19.4 Å². The molecule has 3 heterocycles. The van der Waals surface area contributed by atoms with Crippen LogP contribution in [0.3, 0.4) is 0 Å². The van der Waals surface area contributed by atoms with Gasteiger partial charge in [0.15, 0.2) is 4.96 Å². The summed E-state index contributed by atoms with van der Waals surface area (Å²) in [7, 11) is 1.71. The highest BCUT2D eigenvalue weighted by molar-refractivity contribution is 7.17. The van der Waals surface area contributed by atoms with Crippen molar-refractivity contribution >= 4 is 16.3 Å². The minimum atomic E-state index is 0.927. The summed E-state index contributed by atoms with van der Waals surface area (Å²) in [6, 6.07) is 6.33. The minimum Gasteiger partial charge on any atom is -0.496 e. The highest BCUT2D eigenvalue weighted by Gasteiger charge is 2.22. The summed E-state index contributed by atoms with van der Waals surface area (Å²) in [6.07, 6.45) is 2.07. The van der Waals surface area contributed by atoms with Crippen molar-refractivity contribution < 1.29 is 4.74 Å². The van der Waals surface area contributed by atoms with Gasteiger partial charge in [0.05, 0.1) is 18.5 Å². The smallest absolute Gasteiger partial charge is 0.194 e. The van der Waals surface area contributed by atoms with Gasteiger partial charge in [-0.15, -0.1) is 0 Å². The van der Waals surface area contributed by atoms with Crippen LogP contribution < -0.4 is 10.1 Å². The molecule has 0 fully saturated rings. The maximum Gasteiger partial charge on any atom is 0.194 e. The van der Waals surface area contributed by atoms with Gasteiger partial charge in [0.25, 0.3) is 0 Å². The van der Waals surface area contributed by atoms with Gasteiger partial charge >= 0.3 is 0 Å². The van der Waals surface area contributed by atoms with E-state index in [4.69, 9.17) is 9.72 Å². The molecule has 23 heavy (non-hydrogen) atoms. The summed E-state index contributed by atoms with van der Waals surface area (Å²) < 4.78 is 7.78. The topological polar surface area (TPSA) is 38.6 Å². The van der Waals surface area contributed by atoms with E-state index in [1.54, 1.807) is 7.11 Å². The fourth-order valence-electron chi connectivity index (χ4n) is 3.45. The number of aryl methyl sites for hydroxylation is 2. The average Bonchev–Trinajstić information content (AvgIpc) is 3.10. The largest absolute Gasteiger partial charge is 0.496 e. The fraction of sp³-hybridized carbons (Fsp3) is 0.389. The number of fused-ring (bicyclic) bond motifs is 3. The molecule has 4 rings (SSSR count). The summed E-state index contributed by atoms with van der Waals surface area (Å²) in [5.74, 6) is 0.927. The Morgan fingerprint density at radius 1 is 1.39 bits per heavy atom. The van der Waals surface area contributed by atoms with E-state index >= 15 is 0 Å². The monoisotopic (exact) mass is 327 g/mol. The van der Waals surface area contributed by atoms with E-state index in [0.29, 0.717) is 0 Å². The Labute approximate surface area is 140 Å². The molecule has 1 aliphatic rings. The van der Waals surface area contributed by atoms with Crippen molar-refractivity contribution in [3.8, 4) is 17.0 Å². The third-order valence-corrected chi connectivity index (χ3v) is 5.66. The highest BCUT2D eigenvalue weighted by atomic mass is 32.1.